The molecule has 18 heavy (non-hydrogen) atoms. The van der Waals surface area contributed by atoms with E-state index in [1.807, 2.05) is 18.2 Å². The molecule has 1 aromatic heterocycles. The lowest BCUT2D eigenvalue weighted by Crippen LogP contribution is -1.98. The Hall–Kier alpha value is -2.36. The summed E-state index contributed by atoms with van der Waals surface area (Å²) in [6, 6.07) is 11.3. The fourth-order valence-electron chi connectivity index (χ4n) is 2.05. The van der Waals surface area contributed by atoms with E-state index in [9.17, 15) is 8.78 Å². The molecule has 0 unspecified atom stereocenters. The molecule has 0 aliphatic rings. The molecule has 2 nitrogen and oxygen atoms in total. The van der Waals surface area contributed by atoms with Crippen LogP contribution in [0.15, 0.2) is 48.7 Å². The number of aromatic nitrogens is 1. The number of hydrogen-bond donors (Lipinski definition) is 1. The maximum absolute atomic E-state index is 13.3. The highest BCUT2D eigenvalue weighted by molar-refractivity contribution is 5.83. The number of hydrogen-bond acceptors (Lipinski definition) is 1. The van der Waals surface area contributed by atoms with E-state index in [1.165, 1.54) is 12.1 Å². The van der Waals surface area contributed by atoms with Gasteiger partial charge in [0.1, 0.15) is 0 Å². The minimum atomic E-state index is -0.864. The lowest BCUT2D eigenvalue weighted by Gasteiger charge is -2.08. The van der Waals surface area contributed by atoms with Crippen LogP contribution < -0.4 is 5.73 Å². The van der Waals surface area contributed by atoms with Gasteiger partial charge in [-0.3, -0.25) is 0 Å². The molecule has 3 rings (SSSR count). The van der Waals surface area contributed by atoms with Gasteiger partial charge in [-0.1, -0.05) is 12.1 Å². The van der Waals surface area contributed by atoms with Gasteiger partial charge < -0.3 is 10.3 Å². The molecule has 0 atom stereocenters. The van der Waals surface area contributed by atoms with Crippen LogP contribution in [0.4, 0.5) is 14.5 Å². The number of anilines is 1. The van der Waals surface area contributed by atoms with Crippen LogP contribution in [-0.4, -0.2) is 4.57 Å². The van der Waals surface area contributed by atoms with Gasteiger partial charge in [-0.15, -0.1) is 0 Å². The largest absolute Gasteiger partial charge is 0.397 e. The Morgan fingerprint density at radius 1 is 0.944 bits per heavy atom. The average Bonchev–Trinajstić information content (AvgIpc) is 2.73. The third kappa shape index (κ3) is 1.54. The van der Waals surface area contributed by atoms with Crippen molar-refractivity contribution in [1.29, 1.82) is 0 Å². The Labute approximate surface area is 102 Å². The molecule has 3 aromatic rings. The summed E-state index contributed by atoms with van der Waals surface area (Å²) in [5.74, 6) is -1.71. The third-order valence-corrected chi connectivity index (χ3v) is 2.93. The van der Waals surface area contributed by atoms with Crippen LogP contribution >= 0.6 is 0 Å². The molecule has 0 spiro atoms. The van der Waals surface area contributed by atoms with Crippen molar-refractivity contribution in [2.75, 3.05) is 5.73 Å². The summed E-state index contributed by atoms with van der Waals surface area (Å²) in [6.07, 6.45) is 1.75. The fourth-order valence-corrected chi connectivity index (χ4v) is 2.05. The van der Waals surface area contributed by atoms with Gasteiger partial charge >= 0.3 is 0 Å². The predicted molar refractivity (Wildman–Crippen MR) is 67.6 cm³/mol. The highest BCUT2D eigenvalue weighted by Gasteiger charge is 2.09. The number of nitrogens with two attached hydrogens (primary N) is 1. The van der Waals surface area contributed by atoms with E-state index in [0.717, 1.165) is 5.69 Å². The second kappa shape index (κ2) is 3.84. The van der Waals surface area contributed by atoms with Gasteiger partial charge in [-0.25, -0.2) is 8.78 Å². The Bertz CT molecular complexity index is 732. The van der Waals surface area contributed by atoms with E-state index in [2.05, 4.69) is 0 Å². The van der Waals surface area contributed by atoms with Gasteiger partial charge in [-0.05, 0) is 24.3 Å². The molecule has 0 aliphatic carbocycles. The fraction of sp³-hybridized carbons (Fsp3) is 0. The second-order valence-electron chi connectivity index (χ2n) is 4.07. The zero-order valence-electron chi connectivity index (χ0n) is 9.40. The second-order valence-corrected chi connectivity index (χ2v) is 4.07. The number of para-hydroxylation sites is 2. The van der Waals surface area contributed by atoms with Crippen molar-refractivity contribution in [2.45, 2.75) is 0 Å². The zero-order chi connectivity index (χ0) is 12.7. The molecule has 2 N–H and O–H groups in total. The first-order valence-electron chi connectivity index (χ1n) is 5.48. The molecule has 0 amide bonds. The van der Waals surface area contributed by atoms with Crippen LogP contribution in [0.2, 0.25) is 0 Å². The summed E-state index contributed by atoms with van der Waals surface area (Å²) in [5.41, 5.74) is 7.80. The Kier molecular flexibility index (Phi) is 2.30. The van der Waals surface area contributed by atoms with Gasteiger partial charge in [0, 0.05) is 17.6 Å². The van der Waals surface area contributed by atoms with Gasteiger partial charge in [-0.2, -0.15) is 0 Å². The van der Waals surface area contributed by atoms with Crippen LogP contribution in [0.25, 0.3) is 16.6 Å². The van der Waals surface area contributed by atoms with Gasteiger partial charge in [0.2, 0.25) is 0 Å². The number of rotatable bonds is 1. The monoisotopic (exact) mass is 244 g/mol. The summed E-state index contributed by atoms with van der Waals surface area (Å²) in [5, 5.41) is 0.636. The SMILES string of the molecule is Nc1ccccc1-n1ccc2cc(F)c(F)cc21. The standard InChI is InChI=1S/C14H10F2N2/c15-10-7-9-5-6-18(14(9)8-11(10)16)13-4-2-1-3-12(13)17/h1-8H,17H2. The minimum Gasteiger partial charge on any atom is -0.397 e. The van der Waals surface area contributed by atoms with Crippen molar-refractivity contribution in [1.82, 2.24) is 4.57 Å². The molecule has 90 valence electrons. The number of nitrogen functional groups attached to an aromatic ring is 1. The Morgan fingerprint density at radius 3 is 2.44 bits per heavy atom. The third-order valence-electron chi connectivity index (χ3n) is 2.93. The molecule has 4 heteroatoms. The van der Waals surface area contributed by atoms with Crippen LogP contribution in [0.3, 0.4) is 0 Å². The van der Waals surface area contributed by atoms with Crippen molar-refractivity contribution in [3.63, 3.8) is 0 Å². The van der Waals surface area contributed by atoms with E-state index in [4.69, 9.17) is 5.73 Å². The van der Waals surface area contributed by atoms with Gasteiger partial charge in [0.15, 0.2) is 11.6 Å². The first kappa shape index (κ1) is 10.8. The smallest absolute Gasteiger partial charge is 0.160 e. The molecule has 0 aliphatic heterocycles. The maximum Gasteiger partial charge on any atom is 0.160 e. The molecule has 0 bridgehead atoms. The molecule has 1 heterocycles. The quantitative estimate of drug-likeness (QED) is 0.653. The molecule has 2 aromatic carbocycles. The molecule has 0 fully saturated rings. The number of halogens is 2. The summed E-state index contributed by atoms with van der Waals surface area (Å²) in [4.78, 5) is 0. The van der Waals surface area contributed by atoms with E-state index in [-0.39, 0.29) is 0 Å². The maximum atomic E-state index is 13.3. The Morgan fingerprint density at radius 2 is 1.67 bits per heavy atom. The topological polar surface area (TPSA) is 30.9 Å². The Balaban J connectivity index is 2.31. The normalized spacial score (nSPS) is 11.0. The van der Waals surface area contributed by atoms with Crippen LogP contribution in [-0.2, 0) is 0 Å². The lowest BCUT2D eigenvalue weighted by molar-refractivity contribution is 0.510. The first-order chi connectivity index (χ1) is 8.66. The number of fused-ring (bicyclic) bond motifs is 1. The number of benzene rings is 2. The summed E-state index contributed by atoms with van der Waals surface area (Å²) < 4.78 is 28.2. The zero-order valence-corrected chi connectivity index (χ0v) is 9.40. The van der Waals surface area contributed by atoms with Gasteiger partial charge in [0.05, 0.1) is 16.9 Å². The molecule has 0 saturated carbocycles. The predicted octanol–water partition coefficient (Wildman–Crippen LogP) is 3.49. The van der Waals surface area contributed by atoms with Crippen molar-refractivity contribution < 1.29 is 8.78 Å². The van der Waals surface area contributed by atoms with Crippen molar-refractivity contribution in [3.05, 3.63) is 60.3 Å². The molecular formula is C14H10F2N2. The minimum absolute atomic E-state index is 0.583. The van der Waals surface area contributed by atoms with Crippen LogP contribution in [0, 0.1) is 11.6 Å². The van der Waals surface area contributed by atoms with E-state index in [1.54, 1.807) is 22.9 Å². The number of nitrogens with zero attached hydrogens (tertiary/aromatic N) is 1. The van der Waals surface area contributed by atoms with E-state index < -0.39 is 11.6 Å². The van der Waals surface area contributed by atoms with Crippen molar-refractivity contribution >= 4 is 16.6 Å². The van der Waals surface area contributed by atoms with Crippen LogP contribution in [0.1, 0.15) is 0 Å². The molecular weight excluding hydrogens is 234 g/mol. The summed E-state index contributed by atoms with van der Waals surface area (Å²) in [7, 11) is 0. The first-order valence-corrected chi connectivity index (χ1v) is 5.48. The van der Waals surface area contributed by atoms with E-state index >= 15 is 0 Å². The van der Waals surface area contributed by atoms with E-state index in [0.29, 0.717) is 16.6 Å². The van der Waals surface area contributed by atoms with Crippen LogP contribution in [0.5, 0.6) is 0 Å². The lowest BCUT2D eigenvalue weighted by atomic mass is 10.2. The molecule has 0 saturated heterocycles. The molecule has 0 radical (unpaired) electrons. The highest BCUT2D eigenvalue weighted by Crippen LogP contribution is 2.25. The van der Waals surface area contributed by atoms with Crippen molar-refractivity contribution in [3.8, 4) is 5.69 Å². The van der Waals surface area contributed by atoms with Gasteiger partial charge in [0.25, 0.3) is 0 Å². The summed E-state index contributed by atoms with van der Waals surface area (Å²) >= 11 is 0. The van der Waals surface area contributed by atoms with Crippen molar-refractivity contribution in [2.24, 2.45) is 0 Å². The summed E-state index contributed by atoms with van der Waals surface area (Å²) in [6.45, 7) is 0. The highest BCUT2D eigenvalue weighted by atomic mass is 19.2. The average molecular weight is 244 g/mol.